The van der Waals surface area contributed by atoms with Crippen molar-refractivity contribution >= 4 is 28.5 Å². The molecule has 0 fully saturated rings. The Morgan fingerprint density at radius 1 is 1.58 bits per heavy atom. The number of hydrogen-bond acceptors (Lipinski definition) is 7. The number of thiophene rings is 1. The molecule has 0 spiro atoms. The van der Waals surface area contributed by atoms with Gasteiger partial charge < -0.3 is 15.6 Å². The first-order valence-electron chi connectivity index (χ1n) is 7.06. The van der Waals surface area contributed by atoms with E-state index in [9.17, 15) is 9.90 Å². The van der Waals surface area contributed by atoms with Crippen LogP contribution >= 0.6 is 11.3 Å². The lowest BCUT2D eigenvalue weighted by Crippen LogP contribution is -2.17. The molecule has 0 unspecified atom stereocenters. The molecule has 1 aromatic carbocycles. The van der Waals surface area contributed by atoms with Crippen molar-refractivity contribution in [3.05, 3.63) is 39.8 Å². The molecule has 0 aliphatic rings. The largest absolute Gasteiger partial charge is 0.504 e. The lowest BCUT2D eigenvalue weighted by atomic mass is 10.2. The second-order valence-electron chi connectivity index (χ2n) is 4.77. The van der Waals surface area contributed by atoms with E-state index in [2.05, 4.69) is 10.5 Å². The molecule has 7 nitrogen and oxygen atoms in total. The summed E-state index contributed by atoms with van der Waals surface area (Å²) < 4.78 is 5.28. The summed E-state index contributed by atoms with van der Waals surface area (Å²) in [5.74, 6) is -0.0640. The average Bonchev–Trinajstić information content (AvgIpc) is 2.84. The molecule has 2 aromatic rings. The second kappa shape index (κ2) is 7.48. The Kier molecular flexibility index (Phi) is 5.39. The molecule has 0 bridgehead atoms. The van der Waals surface area contributed by atoms with Crippen LogP contribution in [-0.2, 0) is 0 Å². The van der Waals surface area contributed by atoms with Gasteiger partial charge in [-0.2, -0.15) is 10.4 Å². The van der Waals surface area contributed by atoms with E-state index >= 15 is 0 Å². The number of nitriles is 1. The van der Waals surface area contributed by atoms with E-state index in [0.717, 1.165) is 11.3 Å². The first-order chi connectivity index (χ1) is 11.5. The third kappa shape index (κ3) is 3.64. The molecule has 1 amide bonds. The van der Waals surface area contributed by atoms with Gasteiger partial charge in [-0.15, -0.1) is 11.3 Å². The van der Waals surface area contributed by atoms with Crippen molar-refractivity contribution in [1.82, 2.24) is 5.43 Å². The van der Waals surface area contributed by atoms with Crippen molar-refractivity contribution in [2.24, 2.45) is 5.10 Å². The summed E-state index contributed by atoms with van der Waals surface area (Å²) in [5, 5.41) is 22.8. The summed E-state index contributed by atoms with van der Waals surface area (Å²) >= 11 is 1.05. The minimum atomic E-state index is -0.439. The van der Waals surface area contributed by atoms with Gasteiger partial charge in [-0.3, -0.25) is 4.79 Å². The highest BCUT2D eigenvalue weighted by atomic mass is 32.1. The van der Waals surface area contributed by atoms with Gasteiger partial charge in [0.2, 0.25) is 0 Å². The normalized spacial score (nSPS) is 10.5. The predicted molar refractivity (Wildman–Crippen MR) is 92.5 cm³/mol. The van der Waals surface area contributed by atoms with Crippen LogP contribution in [-0.4, -0.2) is 23.8 Å². The van der Waals surface area contributed by atoms with Gasteiger partial charge in [-0.05, 0) is 43.2 Å². The molecule has 0 atom stereocenters. The second-order valence-corrected chi connectivity index (χ2v) is 5.82. The number of aromatic hydroxyl groups is 1. The Morgan fingerprint density at radius 3 is 2.96 bits per heavy atom. The van der Waals surface area contributed by atoms with E-state index in [1.807, 2.05) is 13.0 Å². The van der Waals surface area contributed by atoms with E-state index in [0.29, 0.717) is 38.9 Å². The standard InChI is InChI=1S/C16H16N4O3S/c1-3-23-13-6-10(4-5-12(13)21)8-19-20-16(22)14-9(2)11(7-17)15(18)24-14/h4-6,8,21H,3,18H2,1-2H3,(H,20,22)/b19-8+. The van der Waals surface area contributed by atoms with E-state index in [4.69, 9.17) is 15.7 Å². The van der Waals surface area contributed by atoms with Crippen molar-refractivity contribution in [2.45, 2.75) is 13.8 Å². The zero-order valence-corrected chi connectivity index (χ0v) is 14.0. The molecular formula is C16H16N4O3S. The molecule has 0 saturated carbocycles. The Bertz CT molecular complexity index is 837. The molecule has 124 valence electrons. The van der Waals surface area contributed by atoms with E-state index < -0.39 is 5.91 Å². The Balaban J connectivity index is 2.11. The number of amides is 1. The summed E-state index contributed by atoms with van der Waals surface area (Å²) in [6.45, 7) is 3.90. The maximum atomic E-state index is 12.1. The molecule has 8 heteroatoms. The first-order valence-corrected chi connectivity index (χ1v) is 7.87. The fourth-order valence-electron chi connectivity index (χ4n) is 1.99. The van der Waals surface area contributed by atoms with E-state index in [-0.39, 0.29) is 5.75 Å². The fraction of sp³-hybridized carbons (Fsp3) is 0.188. The monoisotopic (exact) mass is 344 g/mol. The highest BCUT2D eigenvalue weighted by Crippen LogP contribution is 2.29. The van der Waals surface area contributed by atoms with Crippen LogP contribution in [0.4, 0.5) is 5.00 Å². The van der Waals surface area contributed by atoms with Crippen molar-refractivity contribution in [1.29, 1.82) is 5.26 Å². The quantitative estimate of drug-likeness (QED) is 0.568. The molecule has 1 aromatic heterocycles. The molecule has 24 heavy (non-hydrogen) atoms. The Morgan fingerprint density at radius 2 is 2.33 bits per heavy atom. The predicted octanol–water partition coefficient (Wildman–Crippen LogP) is 2.38. The van der Waals surface area contributed by atoms with Crippen molar-refractivity contribution in [3.8, 4) is 17.6 Å². The van der Waals surface area contributed by atoms with Gasteiger partial charge in [0, 0.05) is 0 Å². The molecule has 4 N–H and O–H groups in total. The van der Waals surface area contributed by atoms with Crippen molar-refractivity contribution in [3.63, 3.8) is 0 Å². The topological polar surface area (TPSA) is 121 Å². The number of anilines is 1. The van der Waals surface area contributed by atoms with Crippen LogP contribution in [0.5, 0.6) is 11.5 Å². The lowest BCUT2D eigenvalue weighted by molar-refractivity contribution is 0.0958. The number of phenolic OH excluding ortho intramolecular Hbond substituents is 1. The lowest BCUT2D eigenvalue weighted by Gasteiger charge is -2.06. The van der Waals surface area contributed by atoms with E-state index in [1.54, 1.807) is 19.1 Å². The highest BCUT2D eigenvalue weighted by molar-refractivity contribution is 7.18. The first kappa shape index (κ1) is 17.3. The van der Waals surface area contributed by atoms with Gasteiger partial charge in [0.05, 0.1) is 18.4 Å². The van der Waals surface area contributed by atoms with Crippen LogP contribution in [0.2, 0.25) is 0 Å². The summed E-state index contributed by atoms with van der Waals surface area (Å²) in [6, 6.07) is 6.70. The molecule has 0 saturated heterocycles. The maximum absolute atomic E-state index is 12.1. The number of nitrogen functional groups attached to an aromatic ring is 1. The summed E-state index contributed by atoms with van der Waals surface area (Å²) in [6.07, 6.45) is 1.43. The van der Waals surface area contributed by atoms with Gasteiger partial charge in [0.25, 0.3) is 5.91 Å². The number of nitrogens with zero attached hydrogens (tertiary/aromatic N) is 2. The number of carbonyl (C=O) groups is 1. The minimum Gasteiger partial charge on any atom is -0.504 e. The molecular weight excluding hydrogens is 328 g/mol. The minimum absolute atomic E-state index is 0.0340. The third-order valence-electron chi connectivity index (χ3n) is 3.16. The van der Waals surface area contributed by atoms with Crippen LogP contribution in [0.3, 0.4) is 0 Å². The molecule has 1 heterocycles. The van der Waals surface area contributed by atoms with Crippen LogP contribution in [0.25, 0.3) is 0 Å². The van der Waals surface area contributed by atoms with E-state index in [1.165, 1.54) is 12.3 Å². The SMILES string of the molecule is CCOc1cc(/C=N/NC(=O)c2sc(N)c(C#N)c2C)ccc1O. The number of phenols is 1. The number of rotatable bonds is 5. The number of carbonyl (C=O) groups excluding carboxylic acids is 1. The molecule has 2 rings (SSSR count). The number of hydrazone groups is 1. The maximum Gasteiger partial charge on any atom is 0.281 e. The van der Waals surface area contributed by atoms with Gasteiger partial charge in [0.15, 0.2) is 11.5 Å². The summed E-state index contributed by atoms with van der Waals surface area (Å²) in [5.41, 5.74) is 9.60. The number of hydrogen-bond donors (Lipinski definition) is 3. The van der Waals surface area contributed by atoms with Crippen LogP contribution < -0.4 is 15.9 Å². The molecule has 0 aliphatic heterocycles. The summed E-state index contributed by atoms with van der Waals surface area (Å²) in [7, 11) is 0. The number of nitrogens with two attached hydrogens (primary N) is 1. The van der Waals surface area contributed by atoms with Gasteiger partial charge in [0.1, 0.15) is 15.9 Å². The highest BCUT2D eigenvalue weighted by Gasteiger charge is 2.18. The van der Waals surface area contributed by atoms with Crippen LogP contribution in [0.1, 0.15) is 33.3 Å². The number of benzene rings is 1. The van der Waals surface area contributed by atoms with Crippen LogP contribution in [0, 0.1) is 18.3 Å². The van der Waals surface area contributed by atoms with Crippen molar-refractivity contribution in [2.75, 3.05) is 12.3 Å². The zero-order valence-electron chi connectivity index (χ0n) is 13.2. The Labute approximate surface area is 143 Å². The van der Waals surface area contributed by atoms with Crippen molar-refractivity contribution < 1.29 is 14.6 Å². The van der Waals surface area contributed by atoms with Gasteiger partial charge in [-0.25, -0.2) is 5.43 Å². The average molecular weight is 344 g/mol. The Hall–Kier alpha value is -3.05. The molecule has 0 aliphatic carbocycles. The number of ether oxygens (including phenoxy) is 1. The van der Waals surface area contributed by atoms with Crippen LogP contribution in [0.15, 0.2) is 23.3 Å². The zero-order chi connectivity index (χ0) is 17.7. The summed E-state index contributed by atoms with van der Waals surface area (Å²) in [4.78, 5) is 12.5. The third-order valence-corrected chi connectivity index (χ3v) is 4.28. The van der Waals surface area contributed by atoms with Gasteiger partial charge >= 0.3 is 0 Å². The molecule has 0 radical (unpaired) electrons. The van der Waals surface area contributed by atoms with Gasteiger partial charge in [-0.1, -0.05) is 0 Å². The fourth-order valence-corrected chi connectivity index (χ4v) is 2.90. The smallest absolute Gasteiger partial charge is 0.281 e. The number of nitrogens with one attached hydrogen (secondary N) is 1.